The molecule has 1 fully saturated rings. The summed E-state index contributed by atoms with van der Waals surface area (Å²) in [5.74, 6) is 0. The van der Waals surface area contributed by atoms with Gasteiger partial charge in [0.1, 0.15) is 0 Å². The van der Waals surface area contributed by atoms with Crippen LogP contribution in [0.1, 0.15) is 19.8 Å². The SMILES string of the molecule is COC(C(F)(F)F)C1(C)CCOCC1. The van der Waals surface area contributed by atoms with Crippen LogP contribution in [-0.4, -0.2) is 32.6 Å². The number of methoxy groups -OCH3 is 1. The molecule has 5 heteroatoms. The predicted molar refractivity (Wildman–Crippen MR) is 45.0 cm³/mol. The first kappa shape index (κ1) is 11.8. The van der Waals surface area contributed by atoms with Crippen LogP contribution in [0, 0.1) is 5.41 Å². The van der Waals surface area contributed by atoms with Crippen molar-refractivity contribution in [3.63, 3.8) is 0 Å². The van der Waals surface area contributed by atoms with E-state index in [1.807, 2.05) is 0 Å². The summed E-state index contributed by atoms with van der Waals surface area (Å²) >= 11 is 0. The zero-order valence-electron chi connectivity index (χ0n) is 8.36. The summed E-state index contributed by atoms with van der Waals surface area (Å²) < 4.78 is 47.4. The third-order valence-electron chi connectivity index (χ3n) is 2.80. The summed E-state index contributed by atoms with van der Waals surface area (Å²) in [7, 11) is 1.11. The Balaban J connectivity index is 2.76. The van der Waals surface area contributed by atoms with Gasteiger partial charge in [-0.05, 0) is 12.8 Å². The Bertz CT molecular complexity index is 185. The maximum absolute atomic E-state index is 12.6. The molecular formula is C9H15F3O2. The lowest BCUT2D eigenvalue weighted by Crippen LogP contribution is -2.47. The van der Waals surface area contributed by atoms with Gasteiger partial charge in [0.25, 0.3) is 0 Å². The fourth-order valence-corrected chi connectivity index (χ4v) is 1.91. The molecular weight excluding hydrogens is 197 g/mol. The molecule has 14 heavy (non-hydrogen) atoms. The van der Waals surface area contributed by atoms with Gasteiger partial charge in [0.05, 0.1) is 0 Å². The van der Waals surface area contributed by atoms with E-state index in [2.05, 4.69) is 4.74 Å². The van der Waals surface area contributed by atoms with Crippen molar-refractivity contribution in [1.82, 2.24) is 0 Å². The summed E-state index contributed by atoms with van der Waals surface area (Å²) in [6.45, 7) is 2.37. The van der Waals surface area contributed by atoms with Crippen molar-refractivity contribution < 1.29 is 22.6 Å². The minimum atomic E-state index is -4.29. The highest BCUT2D eigenvalue weighted by molar-refractivity contribution is 4.89. The van der Waals surface area contributed by atoms with E-state index in [9.17, 15) is 13.2 Å². The van der Waals surface area contributed by atoms with E-state index in [0.717, 1.165) is 7.11 Å². The summed E-state index contributed by atoms with van der Waals surface area (Å²) in [4.78, 5) is 0. The number of rotatable bonds is 2. The molecule has 1 heterocycles. The summed E-state index contributed by atoms with van der Waals surface area (Å²) in [5.41, 5.74) is -0.842. The van der Waals surface area contributed by atoms with Crippen LogP contribution in [0.3, 0.4) is 0 Å². The molecule has 0 aromatic carbocycles. The van der Waals surface area contributed by atoms with Crippen molar-refractivity contribution in [3.05, 3.63) is 0 Å². The van der Waals surface area contributed by atoms with Gasteiger partial charge in [0.15, 0.2) is 6.10 Å². The molecule has 1 atom stereocenters. The second kappa shape index (κ2) is 4.06. The first-order valence-electron chi connectivity index (χ1n) is 4.57. The van der Waals surface area contributed by atoms with Crippen LogP contribution in [0.15, 0.2) is 0 Å². The molecule has 0 aromatic heterocycles. The molecule has 0 N–H and O–H groups in total. The zero-order valence-corrected chi connectivity index (χ0v) is 8.36. The molecule has 1 rings (SSSR count). The molecule has 0 spiro atoms. The van der Waals surface area contributed by atoms with E-state index in [1.165, 1.54) is 0 Å². The third kappa shape index (κ3) is 2.39. The molecule has 0 aromatic rings. The van der Waals surface area contributed by atoms with E-state index in [-0.39, 0.29) is 0 Å². The standard InChI is InChI=1S/C9H15F3O2/c1-8(3-5-14-6-4-8)7(13-2)9(10,11)12/h7H,3-6H2,1-2H3. The van der Waals surface area contributed by atoms with Crippen molar-refractivity contribution in [2.75, 3.05) is 20.3 Å². The first-order chi connectivity index (χ1) is 6.40. The average Bonchev–Trinajstić information content (AvgIpc) is 2.03. The Hall–Kier alpha value is -0.290. The van der Waals surface area contributed by atoms with E-state index in [1.54, 1.807) is 6.92 Å². The number of ether oxygens (including phenoxy) is 2. The highest BCUT2D eigenvalue weighted by Crippen LogP contribution is 2.42. The molecule has 1 aliphatic heterocycles. The van der Waals surface area contributed by atoms with Crippen molar-refractivity contribution in [3.8, 4) is 0 Å². The number of hydrogen-bond acceptors (Lipinski definition) is 2. The number of alkyl halides is 3. The van der Waals surface area contributed by atoms with E-state index in [4.69, 9.17) is 4.74 Å². The Morgan fingerprint density at radius 2 is 1.79 bits per heavy atom. The highest BCUT2D eigenvalue weighted by atomic mass is 19.4. The lowest BCUT2D eigenvalue weighted by Gasteiger charge is -2.40. The quantitative estimate of drug-likeness (QED) is 0.699. The van der Waals surface area contributed by atoms with Gasteiger partial charge in [-0.1, -0.05) is 6.92 Å². The molecule has 0 radical (unpaired) electrons. The lowest BCUT2D eigenvalue weighted by molar-refractivity contribution is -0.255. The minimum absolute atomic E-state index is 0.381. The number of hydrogen-bond donors (Lipinski definition) is 0. The normalized spacial score (nSPS) is 24.6. The molecule has 1 unspecified atom stereocenters. The second-order valence-corrected chi connectivity index (χ2v) is 3.92. The topological polar surface area (TPSA) is 18.5 Å². The van der Waals surface area contributed by atoms with Crippen LogP contribution in [0.25, 0.3) is 0 Å². The smallest absolute Gasteiger partial charge is 0.381 e. The van der Waals surface area contributed by atoms with Crippen molar-refractivity contribution in [1.29, 1.82) is 0 Å². The first-order valence-corrected chi connectivity index (χ1v) is 4.57. The van der Waals surface area contributed by atoms with Gasteiger partial charge in [-0.25, -0.2) is 0 Å². The largest absolute Gasteiger partial charge is 0.415 e. The van der Waals surface area contributed by atoms with Crippen LogP contribution in [0.2, 0.25) is 0 Å². The summed E-state index contributed by atoms with van der Waals surface area (Å²) in [6, 6.07) is 0. The van der Waals surface area contributed by atoms with Crippen molar-refractivity contribution in [2.24, 2.45) is 5.41 Å². The maximum atomic E-state index is 12.6. The second-order valence-electron chi connectivity index (χ2n) is 3.92. The zero-order chi connectivity index (χ0) is 10.8. The van der Waals surface area contributed by atoms with Gasteiger partial charge in [-0.2, -0.15) is 13.2 Å². The average molecular weight is 212 g/mol. The third-order valence-corrected chi connectivity index (χ3v) is 2.80. The van der Waals surface area contributed by atoms with E-state index in [0.29, 0.717) is 26.1 Å². The fourth-order valence-electron chi connectivity index (χ4n) is 1.91. The molecule has 0 saturated carbocycles. The summed E-state index contributed by atoms with van der Waals surface area (Å²) in [5, 5.41) is 0. The Morgan fingerprint density at radius 1 is 1.29 bits per heavy atom. The van der Waals surface area contributed by atoms with Crippen molar-refractivity contribution >= 4 is 0 Å². The van der Waals surface area contributed by atoms with Gasteiger partial charge in [-0.3, -0.25) is 0 Å². The van der Waals surface area contributed by atoms with Gasteiger partial charge in [-0.15, -0.1) is 0 Å². The molecule has 1 aliphatic rings. The molecule has 2 nitrogen and oxygen atoms in total. The van der Waals surface area contributed by atoms with Crippen molar-refractivity contribution in [2.45, 2.75) is 32.0 Å². The monoisotopic (exact) mass is 212 g/mol. The van der Waals surface area contributed by atoms with Gasteiger partial charge >= 0.3 is 6.18 Å². The number of halogens is 3. The van der Waals surface area contributed by atoms with Gasteiger partial charge < -0.3 is 9.47 Å². The van der Waals surface area contributed by atoms with Crippen LogP contribution >= 0.6 is 0 Å². The lowest BCUT2D eigenvalue weighted by atomic mass is 9.77. The molecule has 0 bridgehead atoms. The maximum Gasteiger partial charge on any atom is 0.415 e. The molecule has 0 amide bonds. The van der Waals surface area contributed by atoms with Crippen LogP contribution < -0.4 is 0 Å². The van der Waals surface area contributed by atoms with Crippen LogP contribution in [-0.2, 0) is 9.47 Å². The summed E-state index contributed by atoms with van der Waals surface area (Å²) in [6.07, 6.45) is -5.18. The van der Waals surface area contributed by atoms with Gasteiger partial charge in [0.2, 0.25) is 0 Å². The fraction of sp³-hybridized carbons (Fsp3) is 1.00. The van der Waals surface area contributed by atoms with E-state index >= 15 is 0 Å². The highest BCUT2D eigenvalue weighted by Gasteiger charge is 2.51. The Morgan fingerprint density at radius 3 is 2.14 bits per heavy atom. The predicted octanol–water partition coefficient (Wildman–Crippen LogP) is 2.38. The Kier molecular flexibility index (Phi) is 3.42. The Labute approximate surface area is 81.4 Å². The van der Waals surface area contributed by atoms with Crippen LogP contribution in [0.5, 0.6) is 0 Å². The van der Waals surface area contributed by atoms with Crippen LogP contribution in [0.4, 0.5) is 13.2 Å². The van der Waals surface area contributed by atoms with E-state index < -0.39 is 17.7 Å². The molecule has 84 valence electrons. The molecule has 1 saturated heterocycles. The minimum Gasteiger partial charge on any atom is -0.381 e. The van der Waals surface area contributed by atoms with Gasteiger partial charge in [0, 0.05) is 25.7 Å². The molecule has 0 aliphatic carbocycles.